The zero-order valence-corrected chi connectivity index (χ0v) is 11.3. The number of rotatable bonds is 5. The molecule has 1 aliphatic carbocycles. The Morgan fingerprint density at radius 1 is 1.56 bits per heavy atom. The average molecular weight is 270 g/mol. The van der Waals surface area contributed by atoms with Crippen LogP contribution in [0.5, 0.6) is 0 Å². The SMILES string of the molecule is Cc1cc(CS(=O)CC(=O)NC2CCCC2)no1. The van der Waals surface area contributed by atoms with Crippen molar-refractivity contribution in [3.8, 4) is 0 Å². The van der Waals surface area contributed by atoms with Crippen LogP contribution in [0.15, 0.2) is 10.6 Å². The van der Waals surface area contributed by atoms with Crippen LogP contribution in [-0.2, 0) is 21.3 Å². The zero-order valence-electron chi connectivity index (χ0n) is 10.5. The summed E-state index contributed by atoms with van der Waals surface area (Å²) in [7, 11) is -1.22. The molecular weight excluding hydrogens is 252 g/mol. The van der Waals surface area contributed by atoms with E-state index in [0.29, 0.717) is 11.5 Å². The van der Waals surface area contributed by atoms with Crippen molar-refractivity contribution in [3.63, 3.8) is 0 Å². The highest BCUT2D eigenvalue weighted by Gasteiger charge is 2.18. The third kappa shape index (κ3) is 3.94. The number of hydrogen-bond donors (Lipinski definition) is 1. The summed E-state index contributed by atoms with van der Waals surface area (Å²) in [5.41, 5.74) is 0.638. The summed E-state index contributed by atoms with van der Waals surface area (Å²) in [6.45, 7) is 1.78. The van der Waals surface area contributed by atoms with Crippen LogP contribution in [0.4, 0.5) is 0 Å². The fraction of sp³-hybridized carbons (Fsp3) is 0.667. The molecular formula is C12H18N2O3S. The maximum atomic E-state index is 11.8. The van der Waals surface area contributed by atoms with Crippen molar-refractivity contribution in [1.82, 2.24) is 10.5 Å². The fourth-order valence-corrected chi connectivity index (χ4v) is 3.13. The topological polar surface area (TPSA) is 72.2 Å². The van der Waals surface area contributed by atoms with Gasteiger partial charge in [-0.2, -0.15) is 0 Å². The van der Waals surface area contributed by atoms with Gasteiger partial charge in [-0.05, 0) is 19.8 Å². The van der Waals surface area contributed by atoms with Gasteiger partial charge in [0.1, 0.15) is 11.5 Å². The first kappa shape index (κ1) is 13.3. The number of nitrogens with one attached hydrogen (secondary N) is 1. The van der Waals surface area contributed by atoms with Gasteiger partial charge in [-0.25, -0.2) is 0 Å². The summed E-state index contributed by atoms with van der Waals surface area (Å²) in [4.78, 5) is 11.7. The van der Waals surface area contributed by atoms with Gasteiger partial charge in [0, 0.05) is 22.9 Å². The van der Waals surface area contributed by atoms with E-state index in [4.69, 9.17) is 4.52 Å². The van der Waals surface area contributed by atoms with Gasteiger partial charge >= 0.3 is 0 Å². The molecule has 1 amide bonds. The number of hydrogen-bond acceptors (Lipinski definition) is 4. The predicted octanol–water partition coefficient (Wildman–Crippen LogP) is 1.29. The van der Waals surface area contributed by atoms with Crippen LogP contribution in [0.25, 0.3) is 0 Å². The van der Waals surface area contributed by atoms with Crippen molar-refractivity contribution in [1.29, 1.82) is 0 Å². The number of aromatic nitrogens is 1. The highest BCUT2D eigenvalue weighted by atomic mass is 32.2. The number of carbonyl (C=O) groups is 1. The van der Waals surface area contributed by atoms with Crippen LogP contribution in [0.1, 0.15) is 37.1 Å². The Morgan fingerprint density at radius 2 is 2.28 bits per heavy atom. The molecule has 1 N–H and O–H groups in total. The van der Waals surface area contributed by atoms with Gasteiger partial charge in [-0.1, -0.05) is 18.0 Å². The molecule has 1 aromatic heterocycles. The Labute approximate surface area is 109 Å². The lowest BCUT2D eigenvalue weighted by molar-refractivity contribution is -0.119. The minimum absolute atomic E-state index is 0.0441. The van der Waals surface area contributed by atoms with Crippen LogP contribution in [0.3, 0.4) is 0 Å². The molecule has 1 fully saturated rings. The third-order valence-electron chi connectivity index (χ3n) is 3.00. The molecule has 1 unspecified atom stereocenters. The van der Waals surface area contributed by atoms with E-state index in [0.717, 1.165) is 12.8 Å². The maximum absolute atomic E-state index is 11.8. The van der Waals surface area contributed by atoms with Crippen LogP contribution >= 0.6 is 0 Å². The molecule has 0 radical (unpaired) electrons. The smallest absolute Gasteiger partial charge is 0.232 e. The molecule has 18 heavy (non-hydrogen) atoms. The Balaban J connectivity index is 1.74. The van der Waals surface area contributed by atoms with Crippen molar-refractivity contribution >= 4 is 16.7 Å². The second kappa shape index (κ2) is 6.13. The molecule has 1 heterocycles. The highest BCUT2D eigenvalue weighted by molar-refractivity contribution is 7.84. The Morgan fingerprint density at radius 3 is 2.89 bits per heavy atom. The normalized spacial score (nSPS) is 17.8. The van der Waals surface area contributed by atoms with E-state index in [2.05, 4.69) is 10.5 Å². The van der Waals surface area contributed by atoms with E-state index in [-0.39, 0.29) is 23.5 Å². The van der Waals surface area contributed by atoms with Crippen molar-refractivity contribution in [3.05, 3.63) is 17.5 Å². The van der Waals surface area contributed by atoms with E-state index >= 15 is 0 Å². The van der Waals surface area contributed by atoms with Crippen molar-refractivity contribution < 1.29 is 13.5 Å². The Kier molecular flexibility index (Phi) is 4.52. The number of carbonyl (C=O) groups excluding carboxylic acids is 1. The minimum Gasteiger partial charge on any atom is -0.361 e. The molecule has 0 bridgehead atoms. The molecule has 0 aliphatic heterocycles. The fourth-order valence-electron chi connectivity index (χ4n) is 2.19. The monoisotopic (exact) mass is 270 g/mol. The molecule has 100 valence electrons. The molecule has 1 aliphatic rings. The van der Waals surface area contributed by atoms with Crippen LogP contribution in [0.2, 0.25) is 0 Å². The maximum Gasteiger partial charge on any atom is 0.232 e. The quantitative estimate of drug-likeness (QED) is 0.875. The van der Waals surface area contributed by atoms with E-state index in [1.54, 1.807) is 13.0 Å². The minimum atomic E-state index is -1.22. The molecule has 0 saturated heterocycles. The van der Waals surface area contributed by atoms with E-state index < -0.39 is 10.8 Å². The molecule has 1 atom stereocenters. The molecule has 2 rings (SSSR count). The number of amides is 1. The summed E-state index contributed by atoms with van der Waals surface area (Å²) in [6, 6.07) is 2.02. The average Bonchev–Trinajstić information content (AvgIpc) is 2.90. The van der Waals surface area contributed by atoms with Gasteiger partial charge in [0.15, 0.2) is 0 Å². The molecule has 0 spiro atoms. The lowest BCUT2D eigenvalue weighted by Gasteiger charge is -2.11. The second-order valence-corrected chi connectivity index (χ2v) is 6.16. The van der Waals surface area contributed by atoms with Crippen molar-refractivity contribution in [2.75, 3.05) is 5.75 Å². The summed E-state index contributed by atoms with van der Waals surface area (Å²) >= 11 is 0. The number of nitrogens with zero attached hydrogens (tertiary/aromatic N) is 1. The molecule has 1 saturated carbocycles. The Bertz CT molecular complexity index is 438. The summed E-state index contributed by atoms with van der Waals surface area (Å²) in [6.07, 6.45) is 4.43. The van der Waals surface area contributed by atoms with E-state index in [1.807, 2.05) is 0 Å². The molecule has 0 aromatic carbocycles. The van der Waals surface area contributed by atoms with Crippen LogP contribution < -0.4 is 5.32 Å². The Hall–Kier alpha value is -1.17. The van der Waals surface area contributed by atoms with Gasteiger partial charge in [0.25, 0.3) is 0 Å². The van der Waals surface area contributed by atoms with E-state index in [9.17, 15) is 9.00 Å². The molecule has 5 nitrogen and oxygen atoms in total. The first-order valence-electron chi connectivity index (χ1n) is 6.20. The first-order valence-corrected chi connectivity index (χ1v) is 7.69. The van der Waals surface area contributed by atoms with E-state index in [1.165, 1.54) is 12.8 Å². The van der Waals surface area contributed by atoms with Crippen molar-refractivity contribution in [2.24, 2.45) is 0 Å². The predicted molar refractivity (Wildman–Crippen MR) is 68.4 cm³/mol. The molecule has 6 heteroatoms. The number of aryl methyl sites for hydroxylation is 1. The van der Waals surface area contributed by atoms with Gasteiger partial charge in [-0.15, -0.1) is 0 Å². The third-order valence-corrected chi connectivity index (χ3v) is 4.20. The summed E-state index contributed by atoms with van der Waals surface area (Å²) in [5, 5.41) is 6.69. The van der Waals surface area contributed by atoms with Gasteiger partial charge in [0.05, 0.1) is 11.4 Å². The summed E-state index contributed by atoms with van der Waals surface area (Å²) < 4.78 is 16.7. The van der Waals surface area contributed by atoms with Gasteiger partial charge in [-0.3, -0.25) is 9.00 Å². The lowest BCUT2D eigenvalue weighted by atomic mass is 10.2. The largest absolute Gasteiger partial charge is 0.361 e. The standard InChI is InChI=1S/C12H18N2O3S/c1-9-6-11(14-17-9)7-18(16)8-12(15)13-10-4-2-3-5-10/h6,10H,2-5,7-8H2,1H3,(H,13,15). The van der Waals surface area contributed by atoms with Crippen LogP contribution in [-0.4, -0.2) is 27.1 Å². The summed E-state index contributed by atoms with van der Waals surface area (Å²) in [5.74, 6) is 0.885. The molecule has 1 aromatic rings. The lowest BCUT2D eigenvalue weighted by Crippen LogP contribution is -2.35. The zero-order chi connectivity index (χ0) is 13.0. The van der Waals surface area contributed by atoms with Gasteiger partial charge < -0.3 is 9.84 Å². The van der Waals surface area contributed by atoms with Crippen LogP contribution in [0, 0.1) is 6.92 Å². The highest BCUT2D eigenvalue weighted by Crippen LogP contribution is 2.17. The van der Waals surface area contributed by atoms with Crippen molar-refractivity contribution in [2.45, 2.75) is 44.4 Å². The first-order chi connectivity index (χ1) is 8.63. The second-order valence-electron chi connectivity index (χ2n) is 4.71. The van der Waals surface area contributed by atoms with Gasteiger partial charge in [0.2, 0.25) is 5.91 Å².